The number of pyridine rings is 1. The van der Waals surface area contributed by atoms with Gasteiger partial charge in [0.05, 0.1) is 0 Å². The Morgan fingerprint density at radius 2 is 2.18 bits per heavy atom. The number of anilines is 1. The molecule has 1 rings (SSSR count). The van der Waals surface area contributed by atoms with Gasteiger partial charge in [0.15, 0.2) is 0 Å². The molecule has 0 bridgehead atoms. The Balaban J connectivity index is 3.01. The van der Waals surface area contributed by atoms with Gasteiger partial charge >= 0.3 is 0 Å². The number of aryl methyl sites for hydroxylation is 1. The molecule has 1 atom stereocenters. The lowest BCUT2D eigenvalue weighted by atomic mass is 10.1. The van der Waals surface area contributed by atoms with Gasteiger partial charge in [-0.3, -0.25) is 0 Å². The third-order valence-corrected chi connectivity index (χ3v) is 3.19. The molecule has 94 valence electrons. The molecule has 0 aliphatic heterocycles. The van der Waals surface area contributed by atoms with E-state index in [4.69, 9.17) is 18.0 Å². The molecular weight excluding hydrogens is 230 g/mol. The number of hydrogen-bond donors (Lipinski definition) is 1. The van der Waals surface area contributed by atoms with Gasteiger partial charge in [-0.05, 0) is 32.4 Å². The van der Waals surface area contributed by atoms with Gasteiger partial charge in [0.25, 0.3) is 0 Å². The normalized spacial score (nSPS) is 12.2. The Hall–Kier alpha value is -1.16. The minimum atomic E-state index is 0.424. The maximum Gasteiger partial charge on any atom is 0.129 e. The van der Waals surface area contributed by atoms with Crippen LogP contribution in [0.2, 0.25) is 0 Å². The van der Waals surface area contributed by atoms with Gasteiger partial charge in [0.1, 0.15) is 10.8 Å². The standard InChI is InChI=1S/C13H21N3S/c1-5-6-10(3)16(4)12-8-11(13(14)17)7-9(2)15-12/h7-8,10H,5-6H2,1-4H3,(H2,14,17). The molecule has 17 heavy (non-hydrogen) atoms. The molecule has 3 nitrogen and oxygen atoms in total. The van der Waals surface area contributed by atoms with E-state index in [1.54, 1.807) is 0 Å². The fraction of sp³-hybridized carbons (Fsp3) is 0.538. The molecule has 0 radical (unpaired) electrons. The van der Waals surface area contributed by atoms with Gasteiger partial charge in [0.2, 0.25) is 0 Å². The largest absolute Gasteiger partial charge is 0.389 e. The van der Waals surface area contributed by atoms with Crippen molar-refractivity contribution in [1.29, 1.82) is 0 Å². The predicted molar refractivity (Wildman–Crippen MR) is 77.6 cm³/mol. The van der Waals surface area contributed by atoms with Gasteiger partial charge in [0, 0.05) is 24.3 Å². The highest BCUT2D eigenvalue weighted by Crippen LogP contribution is 2.17. The topological polar surface area (TPSA) is 42.1 Å². The van der Waals surface area contributed by atoms with Crippen LogP contribution in [-0.2, 0) is 0 Å². The summed E-state index contributed by atoms with van der Waals surface area (Å²) in [4.78, 5) is 7.13. The zero-order valence-corrected chi connectivity index (χ0v) is 11.8. The summed E-state index contributed by atoms with van der Waals surface area (Å²) < 4.78 is 0. The van der Waals surface area contributed by atoms with Crippen molar-refractivity contribution in [2.75, 3.05) is 11.9 Å². The van der Waals surface area contributed by atoms with Crippen molar-refractivity contribution >= 4 is 23.0 Å². The first-order chi connectivity index (χ1) is 7.95. The van der Waals surface area contributed by atoms with Gasteiger partial charge in [-0.25, -0.2) is 4.98 Å². The molecule has 0 aliphatic carbocycles. The van der Waals surface area contributed by atoms with E-state index in [-0.39, 0.29) is 0 Å². The maximum atomic E-state index is 5.67. The van der Waals surface area contributed by atoms with Gasteiger partial charge in [-0.1, -0.05) is 25.6 Å². The first-order valence-electron chi connectivity index (χ1n) is 5.97. The number of rotatable bonds is 5. The van der Waals surface area contributed by atoms with E-state index in [2.05, 4.69) is 30.8 Å². The number of aromatic nitrogens is 1. The van der Waals surface area contributed by atoms with E-state index >= 15 is 0 Å². The van der Waals surface area contributed by atoms with Crippen molar-refractivity contribution in [3.8, 4) is 0 Å². The molecule has 0 aliphatic rings. The van der Waals surface area contributed by atoms with Crippen LogP contribution in [-0.4, -0.2) is 23.1 Å². The van der Waals surface area contributed by atoms with Crippen LogP contribution in [0.15, 0.2) is 12.1 Å². The number of nitrogens with two attached hydrogens (primary N) is 1. The molecule has 2 N–H and O–H groups in total. The molecular formula is C13H21N3S. The van der Waals surface area contributed by atoms with E-state index in [9.17, 15) is 0 Å². The van der Waals surface area contributed by atoms with Gasteiger partial charge in [-0.2, -0.15) is 0 Å². The van der Waals surface area contributed by atoms with Crippen LogP contribution in [0.5, 0.6) is 0 Å². The predicted octanol–water partition coefficient (Wildman–Crippen LogP) is 2.65. The molecule has 4 heteroatoms. The summed E-state index contributed by atoms with van der Waals surface area (Å²) in [5.74, 6) is 0.939. The third kappa shape index (κ3) is 3.66. The Morgan fingerprint density at radius 3 is 2.71 bits per heavy atom. The monoisotopic (exact) mass is 251 g/mol. The minimum Gasteiger partial charge on any atom is -0.389 e. The van der Waals surface area contributed by atoms with Crippen LogP contribution in [0, 0.1) is 6.92 Å². The Morgan fingerprint density at radius 1 is 1.53 bits per heavy atom. The average Bonchev–Trinajstić information content (AvgIpc) is 2.27. The minimum absolute atomic E-state index is 0.424. The van der Waals surface area contributed by atoms with Crippen LogP contribution in [0.1, 0.15) is 37.9 Å². The fourth-order valence-corrected chi connectivity index (χ4v) is 1.93. The summed E-state index contributed by atoms with van der Waals surface area (Å²) in [6.45, 7) is 6.35. The first kappa shape index (κ1) is 13.9. The second-order valence-corrected chi connectivity index (χ2v) is 4.91. The van der Waals surface area contributed by atoms with Crippen LogP contribution in [0.4, 0.5) is 5.82 Å². The third-order valence-electron chi connectivity index (χ3n) is 2.95. The second-order valence-electron chi connectivity index (χ2n) is 4.47. The zero-order chi connectivity index (χ0) is 13.0. The van der Waals surface area contributed by atoms with E-state index < -0.39 is 0 Å². The molecule has 1 aromatic heterocycles. The summed E-state index contributed by atoms with van der Waals surface area (Å²) in [5.41, 5.74) is 7.50. The summed E-state index contributed by atoms with van der Waals surface area (Å²) in [5, 5.41) is 0. The molecule has 0 saturated heterocycles. The molecule has 1 unspecified atom stereocenters. The number of hydrogen-bond acceptors (Lipinski definition) is 3. The lowest BCUT2D eigenvalue weighted by molar-refractivity contribution is 0.611. The Labute approximate surface area is 109 Å². The SMILES string of the molecule is CCCC(C)N(C)c1cc(C(N)=S)cc(C)n1. The summed E-state index contributed by atoms with van der Waals surface area (Å²) >= 11 is 5.02. The molecule has 0 aromatic carbocycles. The zero-order valence-electron chi connectivity index (χ0n) is 11.0. The lowest BCUT2D eigenvalue weighted by Gasteiger charge is -2.26. The Bertz CT molecular complexity index is 404. The van der Waals surface area contributed by atoms with Crippen molar-refractivity contribution in [1.82, 2.24) is 4.98 Å². The molecule has 0 amide bonds. The van der Waals surface area contributed by atoms with Crippen LogP contribution in [0.25, 0.3) is 0 Å². The van der Waals surface area contributed by atoms with Crippen molar-refractivity contribution < 1.29 is 0 Å². The lowest BCUT2D eigenvalue weighted by Crippen LogP contribution is -2.29. The highest BCUT2D eigenvalue weighted by atomic mass is 32.1. The first-order valence-corrected chi connectivity index (χ1v) is 6.37. The molecule has 1 aromatic rings. The van der Waals surface area contributed by atoms with Crippen molar-refractivity contribution in [3.63, 3.8) is 0 Å². The maximum absolute atomic E-state index is 5.67. The second kappa shape index (κ2) is 5.96. The van der Waals surface area contributed by atoms with E-state index in [1.807, 2.05) is 19.1 Å². The highest BCUT2D eigenvalue weighted by Gasteiger charge is 2.12. The Kier molecular flexibility index (Phi) is 4.87. The van der Waals surface area contributed by atoms with Gasteiger partial charge < -0.3 is 10.6 Å². The van der Waals surface area contributed by atoms with Crippen LogP contribution in [0.3, 0.4) is 0 Å². The summed E-state index contributed by atoms with van der Waals surface area (Å²) in [6, 6.07) is 4.35. The molecule has 1 heterocycles. The molecule has 0 saturated carbocycles. The van der Waals surface area contributed by atoms with Crippen molar-refractivity contribution in [3.05, 3.63) is 23.4 Å². The highest BCUT2D eigenvalue weighted by molar-refractivity contribution is 7.80. The number of nitrogens with zero attached hydrogens (tertiary/aromatic N) is 2. The van der Waals surface area contributed by atoms with E-state index in [1.165, 1.54) is 6.42 Å². The average molecular weight is 251 g/mol. The van der Waals surface area contributed by atoms with Crippen LogP contribution >= 0.6 is 12.2 Å². The summed E-state index contributed by atoms with van der Waals surface area (Å²) in [6.07, 6.45) is 2.31. The molecule has 0 fully saturated rings. The van der Waals surface area contributed by atoms with Gasteiger partial charge in [-0.15, -0.1) is 0 Å². The van der Waals surface area contributed by atoms with E-state index in [0.717, 1.165) is 23.5 Å². The smallest absolute Gasteiger partial charge is 0.129 e. The molecule has 0 spiro atoms. The fourth-order valence-electron chi connectivity index (χ4n) is 1.81. The summed E-state index contributed by atoms with van der Waals surface area (Å²) in [7, 11) is 2.06. The number of thiocarbonyl (C=S) groups is 1. The van der Waals surface area contributed by atoms with Crippen molar-refractivity contribution in [2.45, 2.75) is 39.7 Å². The van der Waals surface area contributed by atoms with E-state index in [0.29, 0.717) is 11.0 Å². The van der Waals surface area contributed by atoms with Crippen LogP contribution < -0.4 is 10.6 Å². The quantitative estimate of drug-likeness (QED) is 0.817. The van der Waals surface area contributed by atoms with Crippen molar-refractivity contribution in [2.24, 2.45) is 5.73 Å².